The van der Waals surface area contributed by atoms with Crippen LogP contribution in [-0.2, 0) is 19.6 Å². The van der Waals surface area contributed by atoms with Crippen molar-refractivity contribution in [3.05, 3.63) is 29.3 Å². The number of hydrogen-bond donors (Lipinski definition) is 0. The second-order valence-electron chi connectivity index (χ2n) is 4.59. The number of sulfonamides is 1. The zero-order valence-corrected chi connectivity index (χ0v) is 13.9. The molecular weight excluding hydrogens is 334 g/mol. The number of carbonyl (C=O) groups excluding carboxylic acids is 1. The highest BCUT2D eigenvalue weighted by Gasteiger charge is 2.34. The fourth-order valence-electron chi connectivity index (χ4n) is 2.09. The summed E-state index contributed by atoms with van der Waals surface area (Å²) >= 11 is 7.40. The number of methoxy groups -OCH3 is 1. The van der Waals surface area contributed by atoms with Crippen LogP contribution in [-0.4, -0.2) is 49.9 Å². The van der Waals surface area contributed by atoms with Crippen molar-refractivity contribution in [3.8, 4) is 0 Å². The van der Waals surface area contributed by atoms with Crippen LogP contribution in [0.1, 0.15) is 6.42 Å². The van der Waals surface area contributed by atoms with Crippen molar-refractivity contribution in [2.24, 2.45) is 0 Å². The third-order valence-corrected chi connectivity index (χ3v) is 6.85. The zero-order chi connectivity index (χ0) is 15.5. The molecule has 1 aromatic carbocycles. The van der Waals surface area contributed by atoms with E-state index in [1.165, 1.54) is 29.2 Å². The van der Waals surface area contributed by atoms with Crippen LogP contribution < -0.4 is 0 Å². The van der Waals surface area contributed by atoms with Gasteiger partial charge in [-0.15, -0.1) is 11.8 Å². The van der Waals surface area contributed by atoms with Gasteiger partial charge in [-0.2, -0.15) is 4.31 Å². The molecule has 5 nitrogen and oxygen atoms in total. The molecule has 1 saturated heterocycles. The molecular formula is C13H16ClNO4S2. The number of hydrogen-bond acceptors (Lipinski definition) is 5. The maximum absolute atomic E-state index is 12.5. The van der Waals surface area contributed by atoms with Crippen LogP contribution in [0.25, 0.3) is 0 Å². The smallest absolute Gasteiger partial charge is 0.315 e. The van der Waals surface area contributed by atoms with Crippen LogP contribution in [0.2, 0.25) is 5.02 Å². The van der Waals surface area contributed by atoms with Gasteiger partial charge in [-0.1, -0.05) is 23.7 Å². The lowest BCUT2D eigenvalue weighted by Crippen LogP contribution is -2.29. The summed E-state index contributed by atoms with van der Waals surface area (Å²) in [4.78, 5) is 11.3. The lowest BCUT2D eigenvalue weighted by atomic mass is 10.4. The molecule has 1 fully saturated rings. The summed E-state index contributed by atoms with van der Waals surface area (Å²) in [5.74, 6) is -0.0614. The van der Waals surface area contributed by atoms with E-state index in [0.29, 0.717) is 19.5 Å². The van der Waals surface area contributed by atoms with Crippen molar-refractivity contribution in [2.45, 2.75) is 16.6 Å². The molecule has 0 bridgehead atoms. The van der Waals surface area contributed by atoms with Crippen LogP contribution in [0.5, 0.6) is 0 Å². The molecule has 2 rings (SSSR count). The first-order valence-corrected chi connectivity index (χ1v) is 9.25. The van der Waals surface area contributed by atoms with E-state index in [1.807, 2.05) is 0 Å². The van der Waals surface area contributed by atoms with Crippen LogP contribution >= 0.6 is 23.4 Å². The Kier molecular flexibility index (Phi) is 5.54. The van der Waals surface area contributed by atoms with Gasteiger partial charge >= 0.3 is 5.97 Å². The van der Waals surface area contributed by atoms with Gasteiger partial charge < -0.3 is 4.74 Å². The van der Waals surface area contributed by atoms with Crippen molar-refractivity contribution in [1.29, 1.82) is 0 Å². The molecule has 0 aromatic heterocycles. The van der Waals surface area contributed by atoms with Gasteiger partial charge in [0, 0.05) is 18.3 Å². The average Bonchev–Trinajstić information content (AvgIpc) is 2.94. The van der Waals surface area contributed by atoms with Gasteiger partial charge in [-0.3, -0.25) is 4.79 Å². The largest absolute Gasteiger partial charge is 0.468 e. The van der Waals surface area contributed by atoms with Crippen molar-refractivity contribution >= 4 is 39.4 Å². The Bertz CT molecular complexity index is 620. The molecule has 0 saturated carbocycles. The molecule has 116 valence electrons. The number of benzene rings is 1. The highest BCUT2D eigenvalue weighted by atomic mass is 35.5. The fourth-order valence-corrected chi connectivity index (χ4v) is 5.22. The molecule has 21 heavy (non-hydrogen) atoms. The number of ether oxygens (including phenoxy) is 1. The summed E-state index contributed by atoms with van der Waals surface area (Å²) < 4.78 is 31.1. The van der Waals surface area contributed by atoms with Gasteiger partial charge in [0.25, 0.3) is 0 Å². The van der Waals surface area contributed by atoms with Crippen molar-refractivity contribution < 1.29 is 17.9 Å². The maximum atomic E-state index is 12.5. The minimum atomic E-state index is -3.57. The first kappa shape index (κ1) is 16.6. The van der Waals surface area contributed by atoms with E-state index in [9.17, 15) is 13.2 Å². The van der Waals surface area contributed by atoms with E-state index in [2.05, 4.69) is 4.74 Å². The van der Waals surface area contributed by atoms with Crippen LogP contribution in [0, 0.1) is 0 Å². The SMILES string of the molecule is COC(=O)CS[C@H]1CCN(S(=O)(=O)c2ccccc2Cl)C1. The summed E-state index contributed by atoms with van der Waals surface area (Å²) in [6.45, 7) is 0.821. The Morgan fingerprint density at radius 2 is 2.19 bits per heavy atom. The second-order valence-corrected chi connectivity index (χ2v) is 8.19. The minimum absolute atomic E-state index is 0.0985. The highest BCUT2D eigenvalue weighted by Crippen LogP contribution is 2.30. The summed E-state index contributed by atoms with van der Waals surface area (Å²) in [6.07, 6.45) is 0.714. The Morgan fingerprint density at radius 1 is 1.48 bits per heavy atom. The highest BCUT2D eigenvalue weighted by molar-refractivity contribution is 8.00. The van der Waals surface area contributed by atoms with Gasteiger partial charge in [-0.05, 0) is 18.6 Å². The maximum Gasteiger partial charge on any atom is 0.315 e. The van der Waals surface area contributed by atoms with E-state index >= 15 is 0 Å². The minimum Gasteiger partial charge on any atom is -0.468 e. The first-order valence-electron chi connectivity index (χ1n) is 6.38. The third kappa shape index (κ3) is 3.91. The molecule has 0 N–H and O–H groups in total. The molecule has 0 aliphatic carbocycles. The van der Waals surface area contributed by atoms with E-state index < -0.39 is 10.0 Å². The van der Waals surface area contributed by atoms with Crippen molar-refractivity contribution in [3.63, 3.8) is 0 Å². The van der Waals surface area contributed by atoms with Crippen molar-refractivity contribution in [1.82, 2.24) is 4.31 Å². The number of rotatable bonds is 5. The van der Waals surface area contributed by atoms with Crippen LogP contribution in [0.3, 0.4) is 0 Å². The van der Waals surface area contributed by atoms with Gasteiger partial charge in [0.05, 0.1) is 17.9 Å². The number of halogens is 1. The summed E-state index contributed by atoms with van der Waals surface area (Å²) in [6, 6.07) is 6.42. The van der Waals surface area contributed by atoms with E-state index in [-0.39, 0.29) is 26.9 Å². The lowest BCUT2D eigenvalue weighted by molar-refractivity contribution is -0.137. The van der Waals surface area contributed by atoms with Crippen LogP contribution in [0.15, 0.2) is 29.2 Å². The second kappa shape index (κ2) is 7.00. The molecule has 0 spiro atoms. The predicted octanol–water partition coefficient (Wildman–Crippen LogP) is 2.01. The Morgan fingerprint density at radius 3 is 2.86 bits per heavy atom. The van der Waals surface area contributed by atoms with Gasteiger partial charge in [0.2, 0.25) is 10.0 Å². The molecule has 1 aromatic rings. The zero-order valence-electron chi connectivity index (χ0n) is 11.5. The normalized spacial score (nSPS) is 19.6. The third-order valence-electron chi connectivity index (χ3n) is 3.23. The average molecular weight is 350 g/mol. The molecule has 1 aliphatic rings. The van der Waals surface area contributed by atoms with Gasteiger partial charge in [0.15, 0.2) is 0 Å². The molecule has 1 atom stereocenters. The Hall–Kier alpha value is -0.760. The predicted molar refractivity (Wildman–Crippen MR) is 83.1 cm³/mol. The monoisotopic (exact) mass is 349 g/mol. The van der Waals surface area contributed by atoms with Gasteiger partial charge in [0.1, 0.15) is 4.90 Å². The Labute approximate surface area is 133 Å². The summed E-state index contributed by atoms with van der Waals surface area (Å²) in [5, 5.41) is 0.324. The van der Waals surface area contributed by atoms with Crippen LogP contribution in [0.4, 0.5) is 0 Å². The number of esters is 1. The van der Waals surface area contributed by atoms with E-state index in [1.54, 1.807) is 18.2 Å². The molecule has 0 unspecified atom stereocenters. The standard InChI is InChI=1S/C13H16ClNO4S2/c1-19-13(16)9-20-10-6-7-15(8-10)21(17,18)12-5-3-2-4-11(12)14/h2-5,10H,6-9H2,1H3/t10-/m0/s1. The number of nitrogens with zero attached hydrogens (tertiary/aromatic N) is 1. The fraction of sp³-hybridized carbons (Fsp3) is 0.462. The first-order chi connectivity index (χ1) is 9.95. The number of carbonyl (C=O) groups is 1. The number of thioether (sulfide) groups is 1. The lowest BCUT2D eigenvalue weighted by Gasteiger charge is -2.17. The topological polar surface area (TPSA) is 63.7 Å². The Balaban J connectivity index is 2.04. The van der Waals surface area contributed by atoms with E-state index in [0.717, 1.165) is 0 Å². The van der Waals surface area contributed by atoms with E-state index in [4.69, 9.17) is 11.6 Å². The van der Waals surface area contributed by atoms with Crippen molar-refractivity contribution in [2.75, 3.05) is 26.0 Å². The molecule has 0 amide bonds. The molecule has 8 heteroatoms. The summed E-state index contributed by atoms with van der Waals surface area (Å²) in [5.41, 5.74) is 0. The molecule has 1 heterocycles. The molecule has 1 aliphatic heterocycles. The molecule has 0 radical (unpaired) electrons. The quantitative estimate of drug-likeness (QED) is 0.761. The van der Waals surface area contributed by atoms with Gasteiger partial charge in [-0.25, -0.2) is 8.42 Å². The summed E-state index contributed by atoms with van der Waals surface area (Å²) in [7, 11) is -2.24.